The van der Waals surface area contributed by atoms with Gasteiger partial charge in [0.15, 0.2) is 5.78 Å². The predicted molar refractivity (Wildman–Crippen MR) is 96.6 cm³/mol. The van der Waals surface area contributed by atoms with Gasteiger partial charge in [0.05, 0.1) is 12.0 Å². The molecule has 2 aliphatic heterocycles. The summed E-state index contributed by atoms with van der Waals surface area (Å²) in [5, 5.41) is 0. The Morgan fingerprint density at radius 2 is 2.00 bits per heavy atom. The molecule has 1 aromatic rings. The van der Waals surface area contributed by atoms with Crippen LogP contribution in [0.3, 0.4) is 0 Å². The second-order valence-electron chi connectivity index (χ2n) is 7.79. The fraction of sp³-hybridized carbons (Fsp3) is 0.550. The van der Waals surface area contributed by atoms with E-state index in [2.05, 4.69) is 0 Å². The van der Waals surface area contributed by atoms with E-state index in [9.17, 15) is 14.4 Å². The number of likely N-dealkylation sites (tertiary alicyclic amines) is 1. The van der Waals surface area contributed by atoms with Crippen molar-refractivity contribution in [2.24, 2.45) is 17.6 Å². The van der Waals surface area contributed by atoms with Crippen molar-refractivity contribution in [1.82, 2.24) is 4.90 Å². The molecule has 2 amide bonds. The van der Waals surface area contributed by atoms with Crippen LogP contribution in [0.4, 0.5) is 0 Å². The lowest BCUT2D eigenvalue weighted by atomic mass is 9.86. The van der Waals surface area contributed by atoms with Crippen molar-refractivity contribution in [1.29, 1.82) is 0 Å². The first kappa shape index (κ1) is 18.6. The molecule has 2 N–H and O–H groups in total. The van der Waals surface area contributed by atoms with Gasteiger partial charge in [-0.3, -0.25) is 14.4 Å². The Balaban J connectivity index is 1.97. The molecule has 0 unspecified atom stereocenters. The minimum atomic E-state index is -0.546. The van der Waals surface area contributed by atoms with Crippen LogP contribution in [0.25, 0.3) is 0 Å². The maximum Gasteiger partial charge on any atom is 0.249 e. The summed E-state index contributed by atoms with van der Waals surface area (Å²) in [6.07, 6.45) is 0.359. The summed E-state index contributed by atoms with van der Waals surface area (Å²) in [4.78, 5) is 39.3. The minimum absolute atomic E-state index is 0.0424. The van der Waals surface area contributed by atoms with E-state index in [0.29, 0.717) is 24.1 Å². The average Bonchev–Trinajstić information content (AvgIpc) is 3.13. The van der Waals surface area contributed by atoms with Gasteiger partial charge >= 0.3 is 0 Å². The van der Waals surface area contributed by atoms with Crippen LogP contribution < -0.4 is 5.73 Å². The minimum Gasteiger partial charge on any atom is -0.367 e. The summed E-state index contributed by atoms with van der Waals surface area (Å²) >= 11 is 0. The Hall–Kier alpha value is -2.21. The van der Waals surface area contributed by atoms with Crippen LogP contribution in [0.15, 0.2) is 24.3 Å². The van der Waals surface area contributed by atoms with E-state index in [4.69, 9.17) is 10.5 Å². The van der Waals surface area contributed by atoms with E-state index in [0.717, 1.165) is 0 Å². The first-order valence-corrected chi connectivity index (χ1v) is 9.14. The molecule has 3 rings (SSSR count). The maximum absolute atomic E-state index is 13.5. The molecule has 0 aliphatic carbocycles. The van der Waals surface area contributed by atoms with Crippen LogP contribution in [0.1, 0.15) is 49.0 Å². The molecule has 0 saturated carbocycles. The number of amides is 2. The van der Waals surface area contributed by atoms with Crippen molar-refractivity contribution in [2.45, 2.75) is 45.3 Å². The summed E-state index contributed by atoms with van der Waals surface area (Å²) in [6.45, 7) is 6.63. The highest BCUT2D eigenvalue weighted by atomic mass is 16.5. The van der Waals surface area contributed by atoms with Crippen LogP contribution in [-0.2, 0) is 14.3 Å². The fourth-order valence-corrected chi connectivity index (χ4v) is 4.18. The van der Waals surface area contributed by atoms with Crippen LogP contribution in [0, 0.1) is 11.8 Å². The zero-order chi connectivity index (χ0) is 19.0. The van der Waals surface area contributed by atoms with Gasteiger partial charge in [0, 0.05) is 18.0 Å². The zero-order valence-corrected chi connectivity index (χ0v) is 15.5. The Morgan fingerprint density at radius 1 is 1.31 bits per heavy atom. The van der Waals surface area contributed by atoms with Gasteiger partial charge in [0.1, 0.15) is 12.6 Å². The van der Waals surface area contributed by atoms with E-state index in [1.54, 1.807) is 23.1 Å². The number of ether oxygens (including phenoxy) is 1. The van der Waals surface area contributed by atoms with Crippen molar-refractivity contribution >= 4 is 17.6 Å². The average molecular weight is 358 g/mol. The second-order valence-corrected chi connectivity index (χ2v) is 7.79. The van der Waals surface area contributed by atoms with Crippen molar-refractivity contribution < 1.29 is 19.1 Å². The number of fused-ring (bicyclic) bond motifs is 1. The molecular weight excluding hydrogens is 332 g/mol. The molecular formula is C20H26N2O4. The van der Waals surface area contributed by atoms with Crippen LogP contribution in [0.5, 0.6) is 0 Å². The van der Waals surface area contributed by atoms with E-state index in [-0.39, 0.29) is 36.2 Å². The molecule has 4 atom stereocenters. The fourth-order valence-electron chi connectivity index (χ4n) is 4.18. The zero-order valence-electron chi connectivity index (χ0n) is 15.5. The normalized spacial score (nSPS) is 26.2. The van der Waals surface area contributed by atoms with E-state index in [1.807, 2.05) is 26.8 Å². The summed E-state index contributed by atoms with van der Waals surface area (Å²) in [5.74, 6) is -0.851. The van der Waals surface area contributed by atoms with Gasteiger partial charge < -0.3 is 15.4 Å². The standard InChI is InChI=1S/C20H26N2O4/c1-11(2)8-15(13-6-4-5-7-14(13)19(21)24)20(25)22-9-12(3)18-17(22)16(23)10-26-18/h4-7,11-12,15,17-18H,8-10H2,1-3H3,(H2,21,24)/t12-,15+,17-,18-/m1/s1. The Kier molecular flexibility index (Phi) is 5.14. The molecule has 2 saturated heterocycles. The molecule has 2 aliphatic rings. The van der Waals surface area contributed by atoms with Gasteiger partial charge in [-0.2, -0.15) is 0 Å². The number of hydrogen-bond acceptors (Lipinski definition) is 4. The third-order valence-electron chi connectivity index (χ3n) is 5.33. The van der Waals surface area contributed by atoms with Crippen molar-refractivity contribution in [3.63, 3.8) is 0 Å². The first-order valence-electron chi connectivity index (χ1n) is 9.14. The molecule has 2 heterocycles. The van der Waals surface area contributed by atoms with E-state index >= 15 is 0 Å². The number of nitrogens with zero attached hydrogens (tertiary/aromatic N) is 1. The van der Waals surface area contributed by atoms with Crippen molar-refractivity contribution in [3.05, 3.63) is 35.4 Å². The summed E-state index contributed by atoms with van der Waals surface area (Å²) in [6, 6.07) is 6.48. The third-order valence-corrected chi connectivity index (χ3v) is 5.33. The van der Waals surface area contributed by atoms with Crippen LogP contribution in [0.2, 0.25) is 0 Å². The SMILES string of the molecule is CC(C)C[C@H](C(=O)N1C[C@@H](C)[C@H]2OCC(=O)[C@H]21)c1ccccc1C(N)=O. The summed E-state index contributed by atoms with van der Waals surface area (Å²) < 4.78 is 5.59. The molecule has 0 spiro atoms. The summed E-state index contributed by atoms with van der Waals surface area (Å²) in [5.41, 5.74) is 6.53. The number of carbonyl (C=O) groups excluding carboxylic acids is 3. The molecule has 2 fully saturated rings. The van der Waals surface area contributed by atoms with Crippen LogP contribution >= 0.6 is 0 Å². The van der Waals surface area contributed by atoms with Gasteiger partial charge in [0.25, 0.3) is 0 Å². The smallest absolute Gasteiger partial charge is 0.249 e. The molecule has 1 aromatic carbocycles. The molecule has 0 radical (unpaired) electrons. The van der Waals surface area contributed by atoms with Gasteiger partial charge in [0.2, 0.25) is 11.8 Å². The van der Waals surface area contributed by atoms with Gasteiger partial charge in [-0.25, -0.2) is 0 Å². The van der Waals surface area contributed by atoms with E-state index in [1.165, 1.54) is 0 Å². The lowest BCUT2D eigenvalue weighted by molar-refractivity contribution is -0.138. The molecule has 140 valence electrons. The van der Waals surface area contributed by atoms with Crippen molar-refractivity contribution in [2.75, 3.05) is 13.2 Å². The number of benzene rings is 1. The first-order chi connectivity index (χ1) is 12.3. The third kappa shape index (κ3) is 3.26. The highest BCUT2D eigenvalue weighted by Gasteiger charge is 2.51. The highest BCUT2D eigenvalue weighted by Crippen LogP contribution is 2.36. The number of nitrogens with two attached hydrogens (primary N) is 1. The van der Waals surface area contributed by atoms with Crippen molar-refractivity contribution in [3.8, 4) is 0 Å². The molecule has 26 heavy (non-hydrogen) atoms. The topological polar surface area (TPSA) is 89.7 Å². The number of rotatable bonds is 5. The summed E-state index contributed by atoms with van der Waals surface area (Å²) in [7, 11) is 0. The highest BCUT2D eigenvalue weighted by molar-refractivity contribution is 5.98. The molecule has 6 heteroatoms. The number of carbonyl (C=O) groups is 3. The Bertz CT molecular complexity index is 730. The number of primary amides is 1. The maximum atomic E-state index is 13.5. The second kappa shape index (κ2) is 7.19. The van der Waals surface area contributed by atoms with Crippen LogP contribution in [-0.4, -0.2) is 47.8 Å². The largest absolute Gasteiger partial charge is 0.367 e. The number of ketones is 1. The van der Waals surface area contributed by atoms with E-state index < -0.39 is 17.9 Å². The Morgan fingerprint density at radius 3 is 2.65 bits per heavy atom. The molecule has 6 nitrogen and oxygen atoms in total. The monoisotopic (exact) mass is 358 g/mol. The lowest BCUT2D eigenvalue weighted by Gasteiger charge is -2.29. The van der Waals surface area contributed by atoms with Gasteiger partial charge in [-0.05, 0) is 24.0 Å². The lowest BCUT2D eigenvalue weighted by Crippen LogP contribution is -2.44. The number of hydrogen-bond donors (Lipinski definition) is 1. The van der Waals surface area contributed by atoms with Gasteiger partial charge in [-0.1, -0.05) is 39.0 Å². The quantitative estimate of drug-likeness (QED) is 0.868. The van der Waals surface area contributed by atoms with Gasteiger partial charge in [-0.15, -0.1) is 0 Å². The number of Topliss-reactive ketones (excluding diaryl/α,β-unsaturated/α-hetero) is 1. The Labute approximate surface area is 153 Å². The molecule has 0 bridgehead atoms. The predicted octanol–water partition coefficient (Wildman–Crippen LogP) is 1.73. The molecule has 0 aromatic heterocycles.